The number of hydrogen-bond acceptors (Lipinski definition) is 2. The van der Waals surface area contributed by atoms with Gasteiger partial charge in [0.1, 0.15) is 5.82 Å². The molecule has 2 aromatic carbocycles. The Morgan fingerprint density at radius 2 is 1.96 bits per heavy atom. The predicted octanol–water partition coefficient (Wildman–Crippen LogP) is 4.20. The molecule has 1 amide bonds. The highest BCUT2D eigenvalue weighted by molar-refractivity contribution is 7.80. The number of anilines is 2. The fourth-order valence-corrected chi connectivity index (χ4v) is 2.24. The van der Waals surface area contributed by atoms with Crippen molar-refractivity contribution in [2.24, 2.45) is 0 Å². The van der Waals surface area contributed by atoms with Gasteiger partial charge in [0, 0.05) is 23.5 Å². The lowest BCUT2D eigenvalue weighted by molar-refractivity contribution is 0.102. The summed E-state index contributed by atoms with van der Waals surface area (Å²) in [6, 6.07) is 10.8. The lowest BCUT2D eigenvalue weighted by Gasteiger charge is -2.11. The Bertz CT molecular complexity index is 782. The Hall–Kier alpha value is -2.44. The standard InChI is InChI=1S/C17H15ClFN3OS/c1-2-8-20-17(24)22-12-5-3-4-11(9-12)16(23)21-13-6-7-15(19)14(18)10-13/h2-7,9-10H,1,8H2,(H,21,23)(H2,20,22,24). The SMILES string of the molecule is C=CCNC(=S)Nc1cccc(C(=O)Nc2ccc(F)c(Cl)c2)c1. The van der Waals surface area contributed by atoms with Crippen molar-refractivity contribution in [1.82, 2.24) is 5.32 Å². The Balaban J connectivity index is 2.06. The summed E-state index contributed by atoms with van der Waals surface area (Å²) in [7, 11) is 0. The van der Waals surface area contributed by atoms with Gasteiger partial charge in [-0.05, 0) is 48.6 Å². The quantitative estimate of drug-likeness (QED) is 0.550. The molecule has 0 atom stereocenters. The molecule has 0 aromatic heterocycles. The number of thiocarbonyl (C=S) groups is 1. The lowest BCUT2D eigenvalue weighted by Crippen LogP contribution is -2.28. The molecule has 4 nitrogen and oxygen atoms in total. The number of rotatable bonds is 5. The maximum atomic E-state index is 13.1. The molecule has 0 spiro atoms. The Labute approximate surface area is 149 Å². The van der Waals surface area contributed by atoms with E-state index < -0.39 is 5.82 Å². The van der Waals surface area contributed by atoms with Crippen LogP contribution >= 0.6 is 23.8 Å². The molecule has 3 N–H and O–H groups in total. The van der Waals surface area contributed by atoms with Crippen molar-refractivity contribution in [3.8, 4) is 0 Å². The van der Waals surface area contributed by atoms with Gasteiger partial charge in [0.25, 0.3) is 5.91 Å². The van der Waals surface area contributed by atoms with E-state index in [0.717, 1.165) is 0 Å². The van der Waals surface area contributed by atoms with Crippen LogP contribution in [0.3, 0.4) is 0 Å². The number of nitrogens with one attached hydrogen (secondary N) is 3. The first kappa shape index (κ1) is 17.9. The van der Waals surface area contributed by atoms with E-state index in [0.29, 0.717) is 28.6 Å². The first-order valence-corrected chi connectivity index (χ1v) is 7.80. The Kier molecular flexibility index (Phi) is 6.28. The molecule has 0 aliphatic rings. The van der Waals surface area contributed by atoms with E-state index in [-0.39, 0.29) is 10.9 Å². The van der Waals surface area contributed by atoms with Crippen LogP contribution in [0.25, 0.3) is 0 Å². The summed E-state index contributed by atoms with van der Waals surface area (Å²) in [5, 5.41) is 8.94. The zero-order valence-electron chi connectivity index (χ0n) is 12.6. The highest BCUT2D eigenvalue weighted by Crippen LogP contribution is 2.20. The van der Waals surface area contributed by atoms with Crippen LogP contribution in [0.15, 0.2) is 55.1 Å². The molecule has 0 saturated carbocycles. The third kappa shape index (κ3) is 5.04. The summed E-state index contributed by atoms with van der Waals surface area (Å²) in [5.41, 5.74) is 1.50. The van der Waals surface area contributed by atoms with Crippen LogP contribution in [0.2, 0.25) is 5.02 Å². The van der Waals surface area contributed by atoms with Gasteiger partial charge in [-0.15, -0.1) is 6.58 Å². The topological polar surface area (TPSA) is 53.2 Å². The molecule has 7 heteroatoms. The molecule has 0 unspecified atom stereocenters. The fraction of sp³-hybridized carbons (Fsp3) is 0.0588. The number of halogens is 2. The van der Waals surface area contributed by atoms with Gasteiger partial charge in [0.2, 0.25) is 0 Å². The van der Waals surface area contributed by atoms with Crippen molar-refractivity contribution in [3.63, 3.8) is 0 Å². The van der Waals surface area contributed by atoms with E-state index in [2.05, 4.69) is 22.5 Å². The van der Waals surface area contributed by atoms with Gasteiger partial charge in [0.15, 0.2) is 5.11 Å². The van der Waals surface area contributed by atoms with Crippen molar-refractivity contribution < 1.29 is 9.18 Å². The van der Waals surface area contributed by atoms with Crippen LogP contribution < -0.4 is 16.0 Å². The van der Waals surface area contributed by atoms with E-state index in [1.807, 2.05) is 0 Å². The molecular weight excluding hydrogens is 349 g/mol. The van der Waals surface area contributed by atoms with Gasteiger partial charge < -0.3 is 16.0 Å². The maximum Gasteiger partial charge on any atom is 0.255 e. The largest absolute Gasteiger partial charge is 0.359 e. The van der Waals surface area contributed by atoms with Crippen molar-refractivity contribution in [1.29, 1.82) is 0 Å². The molecule has 0 aliphatic carbocycles. The van der Waals surface area contributed by atoms with E-state index in [1.165, 1.54) is 18.2 Å². The highest BCUT2D eigenvalue weighted by Gasteiger charge is 2.09. The zero-order valence-corrected chi connectivity index (χ0v) is 14.2. The van der Waals surface area contributed by atoms with E-state index in [9.17, 15) is 9.18 Å². The molecule has 0 fully saturated rings. The Morgan fingerprint density at radius 3 is 2.67 bits per heavy atom. The van der Waals surface area contributed by atoms with Crippen molar-refractivity contribution >= 4 is 46.2 Å². The minimum absolute atomic E-state index is 0.0538. The van der Waals surface area contributed by atoms with E-state index in [4.69, 9.17) is 23.8 Å². The van der Waals surface area contributed by atoms with Gasteiger partial charge in [-0.2, -0.15) is 0 Å². The minimum Gasteiger partial charge on any atom is -0.359 e. The Morgan fingerprint density at radius 1 is 1.21 bits per heavy atom. The molecule has 2 aromatic rings. The molecule has 0 heterocycles. The van der Waals surface area contributed by atoms with Crippen molar-refractivity contribution in [2.45, 2.75) is 0 Å². The smallest absolute Gasteiger partial charge is 0.255 e. The van der Waals surface area contributed by atoms with Gasteiger partial charge >= 0.3 is 0 Å². The average Bonchev–Trinajstić information content (AvgIpc) is 2.56. The average molecular weight is 364 g/mol. The first-order valence-electron chi connectivity index (χ1n) is 7.02. The summed E-state index contributed by atoms with van der Waals surface area (Å²) in [6.07, 6.45) is 1.69. The van der Waals surface area contributed by atoms with E-state index >= 15 is 0 Å². The molecular formula is C17H15ClFN3OS. The van der Waals surface area contributed by atoms with E-state index in [1.54, 1.807) is 30.3 Å². The molecule has 0 aliphatic heterocycles. The van der Waals surface area contributed by atoms with Crippen LogP contribution in [0.5, 0.6) is 0 Å². The number of hydrogen-bond donors (Lipinski definition) is 3. The van der Waals surface area contributed by atoms with Gasteiger partial charge in [-0.25, -0.2) is 4.39 Å². The second-order valence-corrected chi connectivity index (χ2v) is 5.60. The molecule has 2 rings (SSSR count). The maximum absolute atomic E-state index is 13.1. The summed E-state index contributed by atoms with van der Waals surface area (Å²) in [6.45, 7) is 4.13. The van der Waals surface area contributed by atoms with Gasteiger partial charge in [-0.1, -0.05) is 23.7 Å². The summed E-state index contributed by atoms with van der Waals surface area (Å²) in [5.74, 6) is -0.882. The second-order valence-electron chi connectivity index (χ2n) is 4.79. The molecule has 24 heavy (non-hydrogen) atoms. The van der Waals surface area contributed by atoms with Crippen LogP contribution in [-0.4, -0.2) is 17.6 Å². The third-order valence-corrected chi connectivity index (χ3v) is 3.50. The third-order valence-electron chi connectivity index (χ3n) is 2.97. The molecule has 0 bridgehead atoms. The summed E-state index contributed by atoms with van der Waals surface area (Å²) < 4.78 is 13.1. The predicted molar refractivity (Wildman–Crippen MR) is 100 cm³/mol. The lowest BCUT2D eigenvalue weighted by atomic mass is 10.2. The second kappa shape index (κ2) is 8.42. The monoisotopic (exact) mass is 363 g/mol. The van der Waals surface area contributed by atoms with Crippen LogP contribution in [-0.2, 0) is 0 Å². The summed E-state index contributed by atoms with van der Waals surface area (Å²) >= 11 is 10.8. The van der Waals surface area contributed by atoms with Crippen LogP contribution in [0.1, 0.15) is 10.4 Å². The fourth-order valence-electron chi connectivity index (χ4n) is 1.86. The highest BCUT2D eigenvalue weighted by atomic mass is 35.5. The zero-order chi connectivity index (χ0) is 17.5. The van der Waals surface area contributed by atoms with Crippen molar-refractivity contribution in [2.75, 3.05) is 17.2 Å². The van der Waals surface area contributed by atoms with Gasteiger partial charge in [0.05, 0.1) is 5.02 Å². The van der Waals surface area contributed by atoms with Crippen LogP contribution in [0, 0.1) is 5.82 Å². The normalized spacial score (nSPS) is 9.92. The number of benzene rings is 2. The first-order chi connectivity index (χ1) is 11.5. The number of carbonyl (C=O) groups excluding carboxylic acids is 1. The molecule has 124 valence electrons. The molecule has 0 saturated heterocycles. The number of carbonyl (C=O) groups is 1. The van der Waals surface area contributed by atoms with Crippen LogP contribution in [0.4, 0.5) is 15.8 Å². The van der Waals surface area contributed by atoms with Crippen molar-refractivity contribution in [3.05, 3.63) is 71.5 Å². The van der Waals surface area contributed by atoms with Gasteiger partial charge in [-0.3, -0.25) is 4.79 Å². The number of amides is 1. The molecule has 0 radical (unpaired) electrons. The minimum atomic E-state index is -0.540. The summed E-state index contributed by atoms with van der Waals surface area (Å²) in [4.78, 5) is 12.3.